The first-order chi connectivity index (χ1) is 14.7. The first-order valence-electron chi connectivity index (χ1n) is 9.22. The van der Waals surface area contributed by atoms with Crippen LogP contribution in [0.15, 0.2) is 77.3 Å². The van der Waals surface area contributed by atoms with Crippen LogP contribution in [0.3, 0.4) is 0 Å². The van der Waals surface area contributed by atoms with Crippen LogP contribution in [0.5, 0.6) is 11.5 Å². The van der Waals surface area contributed by atoms with Gasteiger partial charge in [-0.05, 0) is 42.5 Å². The average molecular weight is 400 g/mol. The first kappa shape index (κ1) is 17.7. The molecule has 8 heteroatoms. The van der Waals surface area contributed by atoms with E-state index in [4.69, 9.17) is 14.0 Å². The third-order valence-corrected chi connectivity index (χ3v) is 4.46. The molecule has 148 valence electrons. The van der Waals surface area contributed by atoms with Gasteiger partial charge in [0.1, 0.15) is 0 Å². The van der Waals surface area contributed by atoms with Gasteiger partial charge in [-0.3, -0.25) is 0 Å². The van der Waals surface area contributed by atoms with Crippen molar-refractivity contribution < 1.29 is 18.8 Å². The van der Waals surface area contributed by atoms with E-state index < -0.39 is 0 Å². The van der Waals surface area contributed by atoms with E-state index in [0.717, 1.165) is 5.56 Å². The van der Waals surface area contributed by atoms with E-state index in [1.54, 1.807) is 24.3 Å². The number of nitrogens with one attached hydrogen (secondary N) is 2. The number of hydrogen-bond acceptors (Lipinski definition) is 6. The van der Waals surface area contributed by atoms with Gasteiger partial charge < -0.3 is 24.6 Å². The highest BCUT2D eigenvalue weighted by molar-refractivity contribution is 6.00. The molecule has 0 fully saturated rings. The lowest BCUT2D eigenvalue weighted by Crippen LogP contribution is -2.19. The fourth-order valence-corrected chi connectivity index (χ4v) is 3.04. The number of urea groups is 1. The van der Waals surface area contributed by atoms with E-state index in [0.29, 0.717) is 40.2 Å². The number of amides is 2. The van der Waals surface area contributed by atoms with Gasteiger partial charge in [0, 0.05) is 22.5 Å². The highest BCUT2D eigenvalue weighted by Crippen LogP contribution is 2.35. The van der Waals surface area contributed by atoms with E-state index >= 15 is 0 Å². The fraction of sp³-hybridized carbons (Fsp3) is 0.0455. The van der Waals surface area contributed by atoms with E-state index in [1.807, 2.05) is 48.5 Å². The zero-order valence-electron chi connectivity index (χ0n) is 15.7. The Kier molecular flexibility index (Phi) is 4.49. The Hall–Kier alpha value is -4.33. The predicted molar refractivity (Wildman–Crippen MR) is 110 cm³/mol. The van der Waals surface area contributed by atoms with Gasteiger partial charge in [-0.25, -0.2) is 4.79 Å². The Labute approximate surface area is 171 Å². The number of fused-ring (bicyclic) bond motifs is 1. The molecule has 0 aliphatic carbocycles. The lowest BCUT2D eigenvalue weighted by atomic mass is 10.2. The van der Waals surface area contributed by atoms with Crippen LogP contribution in [-0.2, 0) is 0 Å². The molecule has 4 aromatic rings. The molecule has 5 rings (SSSR count). The van der Waals surface area contributed by atoms with Gasteiger partial charge in [-0.15, -0.1) is 0 Å². The van der Waals surface area contributed by atoms with Crippen LogP contribution < -0.4 is 20.1 Å². The fourth-order valence-electron chi connectivity index (χ4n) is 3.04. The second-order valence-electron chi connectivity index (χ2n) is 6.52. The summed E-state index contributed by atoms with van der Waals surface area (Å²) in [6.45, 7) is 0.200. The van der Waals surface area contributed by atoms with Crippen molar-refractivity contribution in [2.24, 2.45) is 0 Å². The largest absolute Gasteiger partial charge is 0.454 e. The van der Waals surface area contributed by atoms with E-state index in [1.165, 1.54) is 0 Å². The third-order valence-electron chi connectivity index (χ3n) is 4.46. The standard InChI is InChI=1S/C22H16N4O4/c27-22(23-16-6-2-1-3-7-16)24-17-8-4-5-14(11-17)20-25-21(30-26-20)15-9-10-18-19(12-15)29-13-28-18/h1-12H,13H2,(H2,23,24,27). The molecule has 0 radical (unpaired) electrons. The molecule has 0 spiro atoms. The van der Waals surface area contributed by atoms with Crippen molar-refractivity contribution >= 4 is 17.4 Å². The molecule has 3 aromatic carbocycles. The molecule has 0 saturated carbocycles. The molecule has 1 aliphatic rings. The summed E-state index contributed by atoms with van der Waals surface area (Å²) in [5, 5.41) is 9.63. The molecule has 1 aromatic heterocycles. The lowest BCUT2D eigenvalue weighted by molar-refractivity contribution is 0.174. The highest BCUT2D eigenvalue weighted by Gasteiger charge is 2.17. The van der Waals surface area contributed by atoms with Crippen molar-refractivity contribution in [3.8, 4) is 34.3 Å². The van der Waals surface area contributed by atoms with Crippen LogP contribution in [0.1, 0.15) is 0 Å². The SMILES string of the molecule is O=C(Nc1ccccc1)Nc1cccc(-c2noc(-c3ccc4c(c3)OCO4)n2)c1. The van der Waals surface area contributed by atoms with Gasteiger partial charge in [-0.1, -0.05) is 35.5 Å². The van der Waals surface area contributed by atoms with Crippen molar-refractivity contribution in [2.45, 2.75) is 0 Å². The maximum Gasteiger partial charge on any atom is 0.323 e. The number of hydrogen-bond donors (Lipinski definition) is 2. The quantitative estimate of drug-likeness (QED) is 0.512. The summed E-state index contributed by atoms with van der Waals surface area (Å²) < 4.78 is 16.1. The summed E-state index contributed by atoms with van der Waals surface area (Å²) in [5.74, 6) is 2.10. The van der Waals surface area contributed by atoms with Gasteiger partial charge in [0.2, 0.25) is 12.6 Å². The van der Waals surface area contributed by atoms with Gasteiger partial charge >= 0.3 is 6.03 Å². The summed E-state index contributed by atoms with van der Waals surface area (Å²) in [6, 6.07) is 21.5. The monoisotopic (exact) mass is 400 g/mol. The summed E-state index contributed by atoms with van der Waals surface area (Å²) in [5.41, 5.74) is 2.76. The van der Waals surface area contributed by atoms with Crippen LogP contribution in [0, 0.1) is 0 Å². The van der Waals surface area contributed by atoms with Crippen LogP contribution in [0.25, 0.3) is 22.8 Å². The maximum atomic E-state index is 12.2. The molecule has 0 unspecified atom stereocenters. The Balaban J connectivity index is 1.33. The number of rotatable bonds is 4. The minimum absolute atomic E-state index is 0.200. The number of aromatic nitrogens is 2. The summed E-state index contributed by atoms with van der Waals surface area (Å²) in [7, 11) is 0. The minimum Gasteiger partial charge on any atom is -0.454 e. The molecule has 0 saturated heterocycles. The first-order valence-corrected chi connectivity index (χ1v) is 9.22. The van der Waals surface area contributed by atoms with E-state index in [2.05, 4.69) is 20.8 Å². The number of carbonyl (C=O) groups is 1. The predicted octanol–water partition coefficient (Wildman–Crippen LogP) is 4.78. The van der Waals surface area contributed by atoms with Crippen LogP contribution >= 0.6 is 0 Å². The number of anilines is 2. The summed E-state index contributed by atoms with van der Waals surface area (Å²) in [6.07, 6.45) is 0. The molecular formula is C22H16N4O4. The van der Waals surface area contributed by atoms with Crippen LogP contribution in [-0.4, -0.2) is 23.0 Å². The van der Waals surface area contributed by atoms with Crippen LogP contribution in [0.4, 0.5) is 16.2 Å². The second kappa shape index (κ2) is 7.59. The van der Waals surface area contributed by atoms with Crippen molar-refractivity contribution in [3.63, 3.8) is 0 Å². The number of carbonyl (C=O) groups excluding carboxylic acids is 1. The highest BCUT2D eigenvalue weighted by atomic mass is 16.7. The number of para-hydroxylation sites is 1. The zero-order valence-corrected chi connectivity index (χ0v) is 15.7. The molecule has 2 N–H and O–H groups in total. The van der Waals surface area contributed by atoms with Gasteiger partial charge in [0.05, 0.1) is 0 Å². The van der Waals surface area contributed by atoms with Gasteiger partial charge in [0.25, 0.3) is 5.89 Å². The topological polar surface area (TPSA) is 98.5 Å². The lowest BCUT2D eigenvalue weighted by Gasteiger charge is -2.08. The molecule has 0 bridgehead atoms. The Morgan fingerprint density at radius 1 is 0.800 bits per heavy atom. The number of benzene rings is 3. The van der Waals surface area contributed by atoms with E-state index in [-0.39, 0.29) is 12.8 Å². The normalized spacial score (nSPS) is 11.9. The summed E-state index contributed by atoms with van der Waals surface area (Å²) in [4.78, 5) is 16.7. The second-order valence-corrected chi connectivity index (χ2v) is 6.52. The Morgan fingerprint density at radius 2 is 1.60 bits per heavy atom. The van der Waals surface area contributed by atoms with Gasteiger partial charge in [-0.2, -0.15) is 4.98 Å². The average Bonchev–Trinajstić information content (AvgIpc) is 3.44. The van der Waals surface area contributed by atoms with Crippen molar-refractivity contribution in [1.82, 2.24) is 10.1 Å². The van der Waals surface area contributed by atoms with Crippen molar-refractivity contribution in [2.75, 3.05) is 17.4 Å². The molecule has 2 heterocycles. The smallest absolute Gasteiger partial charge is 0.323 e. The van der Waals surface area contributed by atoms with E-state index in [9.17, 15) is 4.79 Å². The van der Waals surface area contributed by atoms with Crippen molar-refractivity contribution in [1.29, 1.82) is 0 Å². The molecule has 2 amide bonds. The summed E-state index contributed by atoms with van der Waals surface area (Å²) >= 11 is 0. The molecule has 0 atom stereocenters. The Morgan fingerprint density at radius 3 is 2.50 bits per heavy atom. The van der Waals surface area contributed by atoms with Gasteiger partial charge in [0.15, 0.2) is 11.5 Å². The number of ether oxygens (including phenoxy) is 2. The molecular weight excluding hydrogens is 384 g/mol. The molecule has 1 aliphatic heterocycles. The van der Waals surface area contributed by atoms with Crippen molar-refractivity contribution in [3.05, 3.63) is 72.8 Å². The Bertz CT molecular complexity index is 1210. The maximum absolute atomic E-state index is 12.2. The third kappa shape index (κ3) is 3.66. The minimum atomic E-state index is -0.340. The zero-order chi connectivity index (χ0) is 20.3. The molecule has 30 heavy (non-hydrogen) atoms. The van der Waals surface area contributed by atoms with Crippen LogP contribution in [0.2, 0.25) is 0 Å². The number of nitrogens with zero attached hydrogens (tertiary/aromatic N) is 2. The molecule has 8 nitrogen and oxygen atoms in total.